The van der Waals surface area contributed by atoms with Crippen molar-refractivity contribution in [3.63, 3.8) is 0 Å². The molecule has 0 saturated heterocycles. The predicted octanol–water partition coefficient (Wildman–Crippen LogP) is 2.83. The second-order valence-corrected chi connectivity index (χ2v) is 8.14. The number of hydrogen-bond acceptors (Lipinski definition) is 0. The van der Waals surface area contributed by atoms with Crippen LogP contribution in [0.1, 0.15) is 20.8 Å². The molecule has 0 aliphatic heterocycles. The molecule has 8 heavy (non-hydrogen) atoms. The fraction of sp³-hybridized carbons (Fsp3) is 1.00. The van der Waals surface area contributed by atoms with Gasteiger partial charge in [-0.3, -0.25) is 0 Å². The van der Waals surface area contributed by atoms with E-state index in [1.807, 2.05) is 0 Å². The van der Waals surface area contributed by atoms with E-state index in [9.17, 15) is 0 Å². The minimum absolute atomic E-state index is 0. The van der Waals surface area contributed by atoms with E-state index in [-0.39, 0.29) is 15.0 Å². The van der Waals surface area contributed by atoms with Gasteiger partial charge in [0.05, 0.1) is 0 Å². The van der Waals surface area contributed by atoms with E-state index >= 15 is 0 Å². The fourth-order valence-electron chi connectivity index (χ4n) is 0. The molecule has 0 spiro atoms. The summed E-state index contributed by atoms with van der Waals surface area (Å²) in [5.74, 6) is 0. The zero-order valence-corrected chi connectivity index (χ0v) is 8.38. The average Bonchev–Trinajstić information content (AvgIpc) is 1.31. The van der Waals surface area contributed by atoms with Gasteiger partial charge >= 0.3 is 0 Å². The molecule has 0 fully saturated rings. The Morgan fingerprint density at radius 1 is 1.25 bits per heavy atom. The number of hydrogen-bond donors (Lipinski definition) is 0. The van der Waals surface area contributed by atoms with Gasteiger partial charge in [-0.2, -0.15) is 0 Å². The molecule has 0 heterocycles. The molecule has 0 nitrogen and oxygen atoms in total. The predicted molar refractivity (Wildman–Crippen MR) is 47.3 cm³/mol. The van der Waals surface area contributed by atoms with Crippen LogP contribution in [-0.4, -0.2) is 20.2 Å². The summed E-state index contributed by atoms with van der Waals surface area (Å²) in [4.78, 5) is 0. The van der Waals surface area contributed by atoms with Crippen molar-refractivity contribution in [3.05, 3.63) is 0 Å². The largest absolute Gasteiger partial charge is 0.0602 e. The van der Waals surface area contributed by atoms with Gasteiger partial charge in [0, 0.05) is 8.41 Å². The first-order chi connectivity index (χ1) is 2.94. The van der Waals surface area contributed by atoms with Crippen molar-refractivity contribution in [1.82, 2.24) is 0 Å². The van der Waals surface area contributed by atoms with Crippen molar-refractivity contribution < 1.29 is 0 Å². The second-order valence-electron chi connectivity index (χ2n) is 2.65. The maximum Gasteiger partial charge on any atom is 0 e. The second kappa shape index (κ2) is 3.90. The Morgan fingerprint density at radius 2 is 1.38 bits per heavy atom. The first-order valence-electron chi connectivity index (χ1n) is 2.34. The lowest BCUT2D eigenvalue weighted by Gasteiger charge is -2.20. The summed E-state index contributed by atoms with van der Waals surface area (Å²) in [5, 5.41) is 0.481. The smallest absolute Gasteiger partial charge is 0 e. The average molecular weight is 194 g/mol. The lowest BCUT2D eigenvalue weighted by Crippen LogP contribution is -2.06. The van der Waals surface area contributed by atoms with Crippen LogP contribution in [0.4, 0.5) is 0 Å². The fourth-order valence-corrected chi connectivity index (χ4v) is 0. The molecule has 1 unspecified atom stereocenters. The lowest BCUT2D eigenvalue weighted by molar-refractivity contribution is 0.795. The molecule has 47 valence electrons. The van der Waals surface area contributed by atoms with Gasteiger partial charge in [0.1, 0.15) is 0 Å². The van der Waals surface area contributed by atoms with Crippen molar-refractivity contribution in [2.45, 2.75) is 25.9 Å². The Hall–Kier alpha value is 0.975. The molecule has 0 aromatic rings. The molecule has 0 N–H and O–H groups in total. The zero-order valence-electron chi connectivity index (χ0n) is 5.90. The molecule has 1 atom stereocenters. The van der Waals surface area contributed by atoms with Crippen LogP contribution in [0.15, 0.2) is 0 Å². The van der Waals surface area contributed by atoms with Gasteiger partial charge in [-0.25, -0.2) is 0 Å². The van der Waals surface area contributed by atoms with E-state index in [0.717, 1.165) is 0 Å². The maximum absolute atomic E-state index is 3.56. The van der Waals surface area contributed by atoms with Crippen molar-refractivity contribution in [2.75, 3.05) is 6.66 Å². The van der Waals surface area contributed by atoms with Gasteiger partial charge in [0.25, 0.3) is 0 Å². The maximum atomic E-state index is 3.56. The van der Waals surface area contributed by atoms with Crippen LogP contribution < -0.4 is 0 Å². The quantitative estimate of drug-likeness (QED) is 0.410. The van der Waals surface area contributed by atoms with Crippen LogP contribution in [0.5, 0.6) is 0 Å². The van der Waals surface area contributed by atoms with Gasteiger partial charge < -0.3 is 0 Å². The Balaban J connectivity index is 0. The Bertz CT molecular complexity index is 57.9. The molecule has 0 aliphatic carbocycles. The summed E-state index contributed by atoms with van der Waals surface area (Å²) in [6, 6.07) is 0. The van der Waals surface area contributed by atoms with Crippen molar-refractivity contribution in [2.24, 2.45) is 0 Å². The first kappa shape index (κ1) is 11.7. The number of halogens is 1. The molecule has 0 aromatic heterocycles. The summed E-state index contributed by atoms with van der Waals surface area (Å²) in [7, 11) is 0. The highest BCUT2D eigenvalue weighted by molar-refractivity contribution is 9.39. The molecule has 0 rings (SSSR count). The van der Waals surface area contributed by atoms with Crippen LogP contribution in [-0.2, 0) is 0 Å². The third-order valence-electron chi connectivity index (χ3n) is 0.924. The highest BCUT2D eigenvalue weighted by Gasteiger charge is 2.15. The third kappa shape index (κ3) is 5.12. The summed E-state index contributed by atoms with van der Waals surface area (Å²) in [6.45, 7) is 9.03. The normalized spacial score (nSPS) is 14.6. The van der Waals surface area contributed by atoms with E-state index in [1.165, 1.54) is 0 Å². The summed E-state index contributed by atoms with van der Waals surface area (Å²) in [6.07, 6.45) is 0. The monoisotopic (exact) mass is 193 g/mol. The summed E-state index contributed by atoms with van der Waals surface area (Å²) >= 11 is 3.56. The van der Waals surface area contributed by atoms with Gasteiger partial charge in [-0.15, -0.1) is 0 Å². The molecular formula is C5H12BBrP. The molecule has 0 aromatic carbocycles. The van der Waals surface area contributed by atoms with Crippen molar-refractivity contribution >= 4 is 30.5 Å². The Labute approximate surface area is 63.5 Å². The third-order valence-corrected chi connectivity index (χ3v) is 5.96. The SMILES string of the molecule is CP(Br)C(C)(C)C.[B]. The van der Waals surface area contributed by atoms with Gasteiger partial charge in [-0.05, 0) is 18.4 Å². The molecular weight excluding hydrogens is 182 g/mol. The zero-order chi connectivity index (χ0) is 6.08. The van der Waals surface area contributed by atoms with Crippen LogP contribution >= 0.6 is 22.1 Å². The molecule has 0 aliphatic rings. The summed E-state index contributed by atoms with van der Waals surface area (Å²) < 4.78 is 0. The topological polar surface area (TPSA) is 0 Å². The van der Waals surface area contributed by atoms with E-state index in [2.05, 4.69) is 42.9 Å². The Kier molecular flexibility index (Phi) is 5.72. The highest BCUT2D eigenvalue weighted by atomic mass is 79.9. The van der Waals surface area contributed by atoms with E-state index in [1.54, 1.807) is 0 Å². The Morgan fingerprint density at radius 3 is 1.38 bits per heavy atom. The van der Waals surface area contributed by atoms with Crippen molar-refractivity contribution in [3.8, 4) is 0 Å². The highest BCUT2D eigenvalue weighted by Crippen LogP contribution is 2.52. The first-order valence-corrected chi connectivity index (χ1v) is 6.15. The van der Waals surface area contributed by atoms with Crippen LogP contribution in [0.25, 0.3) is 0 Å². The minimum Gasteiger partial charge on any atom is -0.0602 e. The van der Waals surface area contributed by atoms with Crippen LogP contribution in [0.3, 0.4) is 0 Å². The van der Waals surface area contributed by atoms with Gasteiger partial charge in [-0.1, -0.05) is 36.3 Å². The van der Waals surface area contributed by atoms with Crippen LogP contribution in [0.2, 0.25) is 0 Å². The molecule has 0 saturated carbocycles. The number of rotatable bonds is 0. The van der Waals surface area contributed by atoms with Gasteiger partial charge in [0.2, 0.25) is 0 Å². The molecule has 0 bridgehead atoms. The lowest BCUT2D eigenvalue weighted by atomic mass is 10.3. The van der Waals surface area contributed by atoms with Crippen LogP contribution in [0, 0.1) is 0 Å². The minimum atomic E-state index is 0. The van der Waals surface area contributed by atoms with E-state index < -0.39 is 0 Å². The molecule has 0 amide bonds. The molecule has 3 heteroatoms. The van der Waals surface area contributed by atoms with Gasteiger partial charge in [0.15, 0.2) is 0 Å². The van der Waals surface area contributed by atoms with E-state index in [4.69, 9.17) is 0 Å². The summed E-state index contributed by atoms with van der Waals surface area (Å²) in [5.41, 5.74) is 0. The molecule has 3 radical (unpaired) electrons. The van der Waals surface area contributed by atoms with Crippen molar-refractivity contribution in [1.29, 1.82) is 0 Å². The standard InChI is InChI=1S/C5H12BrP.B/c1-5(2,3)7(4)6;/h1-4H3;. The van der Waals surface area contributed by atoms with E-state index in [0.29, 0.717) is 5.16 Å².